The number of pyridine rings is 1. The molecule has 2 atom stereocenters. The SMILES string of the molecule is CCC[C@@H]1C[C@H]1CN(Cc1ncc(C)[nH]1)c1ncnc2cnccc12. The van der Waals surface area contributed by atoms with E-state index in [0.717, 1.165) is 53.2 Å². The van der Waals surface area contributed by atoms with Gasteiger partial charge in [-0.3, -0.25) is 4.98 Å². The Morgan fingerprint density at radius 1 is 1.20 bits per heavy atom. The van der Waals surface area contributed by atoms with E-state index in [1.807, 2.05) is 19.2 Å². The first-order chi connectivity index (χ1) is 12.2. The number of nitrogens with zero attached hydrogens (tertiary/aromatic N) is 5. The van der Waals surface area contributed by atoms with Gasteiger partial charge >= 0.3 is 0 Å². The van der Waals surface area contributed by atoms with Gasteiger partial charge in [-0.25, -0.2) is 15.0 Å². The Kier molecular flexibility index (Phi) is 4.34. The molecule has 0 aliphatic heterocycles. The van der Waals surface area contributed by atoms with Crippen LogP contribution in [0.3, 0.4) is 0 Å². The molecule has 25 heavy (non-hydrogen) atoms. The molecule has 1 fully saturated rings. The molecule has 1 aliphatic carbocycles. The minimum atomic E-state index is 0.734. The molecule has 1 saturated carbocycles. The fraction of sp³-hybridized carbons (Fsp3) is 0.474. The molecule has 0 bridgehead atoms. The van der Waals surface area contributed by atoms with E-state index in [0.29, 0.717) is 0 Å². The summed E-state index contributed by atoms with van der Waals surface area (Å²) in [5.41, 5.74) is 1.97. The van der Waals surface area contributed by atoms with Crippen LogP contribution >= 0.6 is 0 Å². The van der Waals surface area contributed by atoms with Gasteiger partial charge in [-0.2, -0.15) is 0 Å². The van der Waals surface area contributed by atoms with Gasteiger partial charge in [0.15, 0.2) is 0 Å². The summed E-state index contributed by atoms with van der Waals surface area (Å²) in [6.45, 7) is 6.05. The lowest BCUT2D eigenvalue weighted by atomic mass is 10.2. The van der Waals surface area contributed by atoms with Gasteiger partial charge in [0, 0.05) is 30.0 Å². The Morgan fingerprint density at radius 2 is 2.12 bits per heavy atom. The third-order valence-electron chi connectivity index (χ3n) is 5.00. The van der Waals surface area contributed by atoms with Crippen molar-refractivity contribution in [3.05, 3.63) is 42.5 Å². The molecule has 1 N–H and O–H groups in total. The molecule has 0 unspecified atom stereocenters. The summed E-state index contributed by atoms with van der Waals surface area (Å²) in [7, 11) is 0. The molecular formula is C19H24N6. The van der Waals surface area contributed by atoms with Crippen LogP contribution in [0.5, 0.6) is 0 Å². The Labute approximate surface area is 147 Å². The maximum Gasteiger partial charge on any atom is 0.140 e. The van der Waals surface area contributed by atoms with Crippen molar-refractivity contribution in [2.45, 2.75) is 39.7 Å². The first-order valence-electron chi connectivity index (χ1n) is 9.04. The number of aryl methyl sites for hydroxylation is 1. The maximum atomic E-state index is 4.61. The highest BCUT2D eigenvalue weighted by atomic mass is 15.2. The Morgan fingerprint density at radius 3 is 2.92 bits per heavy atom. The van der Waals surface area contributed by atoms with Crippen LogP contribution in [0, 0.1) is 18.8 Å². The molecular weight excluding hydrogens is 312 g/mol. The van der Waals surface area contributed by atoms with E-state index < -0.39 is 0 Å². The zero-order chi connectivity index (χ0) is 17.2. The number of aromatic amines is 1. The van der Waals surface area contributed by atoms with Crippen molar-refractivity contribution in [2.24, 2.45) is 11.8 Å². The Balaban J connectivity index is 1.64. The summed E-state index contributed by atoms with van der Waals surface area (Å²) in [5.74, 6) is 3.57. The molecule has 0 spiro atoms. The van der Waals surface area contributed by atoms with Gasteiger partial charge in [0.25, 0.3) is 0 Å². The summed E-state index contributed by atoms with van der Waals surface area (Å²) >= 11 is 0. The van der Waals surface area contributed by atoms with Crippen LogP contribution in [0.25, 0.3) is 10.9 Å². The fourth-order valence-corrected chi connectivity index (χ4v) is 3.64. The van der Waals surface area contributed by atoms with Crippen LogP contribution in [0.4, 0.5) is 5.82 Å². The quantitative estimate of drug-likeness (QED) is 0.715. The summed E-state index contributed by atoms with van der Waals surface area (Å²) in [5, 5.41) is 1.05. The second-order valence-electron chi connectivity index (χ2n) is 7.03. The Hall–Kier alpha value is -2.50. The number of rotatable bonds is 7. The average Bonchev–Trinajstić information content (AvgIpc) is 3.22. The second kappa shape index (κ2) is 6.78. The summed E-state index contributed by atoms with van der Waals surface area (Å²) in [6, 6.07) is 2.00. The first kappa shape index (κ1) is 16.0. The topological polar surface area (TPSA) is 70.6 Å². The van der Waals surface area contributed by atoms with E-state index in [9.17, 15) is 0 Å². The van der Waals surface area contributed by atoms with Gasteiger partial charge in [-0.15, -0.1) is 0 Å². The summed E-state index contributed by atoms with van der Waals surface area (Å²) in [6.07, 6.45) is 11.0. The van der Waals surface area contributed by atoms with Crippen molar-refractivity contribution in [1.29, 1.82) is 0 Å². The zero-order valence-corrected chi connectivity index (χ0v) is 14.8. The normalized spacial score (nSPS) is 19.3. The zero-order valence-electron chi connectivity index (χ0n) is 14.8. The molecule has 0 radical (unpaired) electrons. The highest BCUT2D eigenvalue weighted by Gasteiger charge is 2.37. The van der Waals surface area contributed by atoms with Crippen molar-refractivity contribution in [3.8, 4) is 0 Å². The van der Waals surface area contributed by atoms with Gasteiger partial charge in [-0.1, -0.05) is 19.8 Å². The number of hydrogen-bond acceptors (Lipinski definition) is 5. The van der Waals surface area contributed by atoms with Crippen LogP contribution in [0.15, 0.2) is 31.0 Å². The van der Waals surface area contributed by atoms with E-state index in [4.69, 9.17) is 0 Å². The van der Waals surface area contributed by atoms with Crippen LogP contribution in [0.2, 0.25) is 0 Å². The molecule has 130 valence electrons. The lowest BCUT2D eigenvalue weighted by Gasteiger charge is -2.24. The van der Waals surface area contributed by atoms with E-state index in [2.05, 4.69) is 36.7 Å². The highest BCUT2D eigenvalue weighted by Crippen LogP contribution is 2.43. The van der Waals surface area contributed by atoms with E-state index in [1.54, 1.807) is 18.7 Å². The largest absolute Gasteiger partial charge is 0.348 e. The molecule has 3 aromatic rings. The third kappa shape index (κ3) is 3.48. The van der Waals surface area contributed by atoms with Crippen molar-refractivity contribution < 1.29 is 0 Å². The predicted molar refractivity (Wildman–Crippen MR) is 98.2 cm³/mol. The summed E-state index contributed by atoms with van der Waals surface area (Å²) < 4.78 is 0. The number of imidazole rings is 1. The molecule has 0 aromatic carbocycles. The molecule has 3 heterocycles. The molecule has 6 heteroatoms. The van der Waals surface area contributed by atoms with Crippen molar-refractivity contribution in [2.75, 3.05) is 11.4 Å². The standard InChI is InChI=1S/C19H24N6/c1-3-4-14-7-15(14)10-25(11-18-21-8-13(2)24-18)19-16-5-6-20-9-17(16)22-12-23-19/h5-6,8-9,12,14-15H,3-4,7,10-11H2,1-2H3,(H,21,24)/t14-,15+/m1/s1. The molecule has 1 aliphatic rings. The van der Waals surface area contributed by atoms with Crippen LogP contribution in [-0.2, 0) is 6.54 Å². The van der Waals surface area contributed by atoms with Crippen molar-refractivity contribution in [3.63, 3.8) is 0 Å². The smallest absolute Gasteiger partial charge is 0.140 e. The Bertz CT molecular complexity index is 853. The number of fused-ring (bicyclic) bond motifs is 1. The van der Waals surface area contributed by atoms with Crippen LogP contribution < -0.4 is 4.90 Å². The van der Waals surface area contributed by atoms with Crippen LogP contribution in [0.1, 0.15) is 37.7 Å². The van der Waals surface area contributed by atoms with Crippen molar-refractivity contribution in [1.82, 2.24) is 24.9 Å². The van der Waals surface area contributed by atoms with Gasteiger partial charge in [0.1, 0.15) is 18.0 Å². The monoisotopic (exact) mass is 336 g/mol. The fourth-order valence-electron chi connectivity index (χ4n) is 3.64. The van der Waals surface area contributed by atoms with Crippen LogP contribution in [-0.4, -0.2) is 31.5 Å². The molecule has 0 saturated heterocycles. The van der Waals surface area contributed by atoms with Gasteiger partial charge in [0.05, 0.1) is 18.3 Å². The number of H-pyrrole nitrogens is 1. The highest BCUT2D eigenvalue weighted by molar-refractivity contribution is 5.88. The number of nitrogens with one attached hydrogen (secondary N) is 1. The number of anilines is 1. The van der Waals surface area contributed by atoms with Gasteiger partial charge < -0.3 is 9.88 Å². The van der Waals surface area contributed by atoms with E-state index >= 15 is 0 Å². The maximum absolute atomic E-state index is 4.61. The lowest BCUT2D eigenvalue weighted by molar-refractivity contribution is 0.606. The minimum absolute atomic E-state index is 0.734. The first-order valence-corrected chi connectivity index (χ1v) is 9.04. The lowest BCUT2D eigenvalue weighted by Crippen LogP contribution is -2.27. The number of hydrogen-bond donors (Lipinski definition) is 1. The second-order valence-corrected chi connectivity index (χ2v) is 7.03. The van der Waals surface area contributed by atoms with Gasteiger partial charge in [0.2, 0.25) is 0 Å². The molecule has 6 nitrogen and oxygen atoms in total. The molecule has 3 aromatic heterocycles. The third-order valence-corrected chi connectivity index (χ3v) is 5.00. The predicted octanol–water partition coefficient (Wildman–Crippen LogP) is 3.50. The van der Waals surface area contributed by atoms with E-state index in [1.165, 1.54) is 19.3 Å². The van der Waals surface area contributed by atoms with Gasteiger partial charge in [-0.05, 0) is 31.2 Å². The van der Waals surface area contributed by atoms with E-state index in [-0.39, 0.29) is 0 Å². The average molecular weight is 336 g/mol. The molecule has 0 amide bonds. The number of aromatic nitrogens is 5. The van der Waals surface area contributed by atoms with Crippen molar-refractivity contribution >= 4 is 16.7 Å². The minimum Gasteiger partial charge on any atom is -0.348 e. The summed E-state index contributed by atoms with van der Waals surface area (Å²) in [4.78, 5) is 23.3. The molecule has 4 rings (SSSR count).